The van der Waals surface area contributed by atoms with E-state index in [1.54, 1.807) is 36.4 Å². The Kier molecular flexibility index (Phi) is 9.33. The molecule has 0 unspecified atom stereocenters. The van der Waals surface area contributed by atoms with Crippen LogP contribution in [0.4, 0.5) is 0 Å². The maximum absolute atomic E-state index is 12.7. The molecule has 3 rings (SSSR count). The Morgan fingerprint density at radius 3 is 2.05 bits per heavy atom. The fraction of sp³-hybridized carbons (Fsp3) is 0.0333. The molecular formula is C30H27N3O4. The Morgan fingerprint density at radius 2 is 1.43 bits per heavy atom. The van der Waals surface area contributed by atoms with E-state index < -0.39 is 5.97 Å². The highest BCUT2D eigenvalue weighted by Crippen LogP contribution is 2.14. The van der Waals surface area contributed by atoms with E-state index in [0.29, 0.717) is 28.3 Å². The topological polar surface area (TPSA) is 103 Å². The lowest BCUT2D eigenvalue weighted by molar-refractivity contribution is -0.110. The van der Waals surface area contributed by atoms with Crippen molar-refractivity contribution in [1.29, 1.82) is 0 Å². The van der Waals surface area contributed by atoms with E-state index in [4.69, 9.17) is 15.2 Å². The largest absolute Gasteiger partial charge is 0.465 e. The van der Waals surface area contributed by atoms with E-state index in [1.807, 2.05) is 48.5 Å². The number of hydrogen-bond acceptors (Lipinski definition) is 6. The zero-order valence-electron chi connectivity index (χ0n) is 20.4. The molecule has 0 saturated heterocycles. The zero-order valence-corrected chi connectivity index (χ0v) is 20.4. The standard InChI is InChI=1S/C30H27N3O4/c1-21(37-27-12-8-5-9-13-27)14-19-26(34)20-28(32-22(2)23-10-6-4-7-11-23)33-29(31)24-15-17-25(18-16-24)30(35)36-3/h4-20,32H,1-2H2,3H3,(H2,31,33)/b19-14-,28-20?. The van der Waals surface area contributed by atoms with Gasteiger partial charge in [-0.15, -0.1) is 0 Å². The lowest BCUT2D eigenvalue weighted by atomic mass is 10.1. The van der Waals surface area contributed by atoms with Gasteiger partial charge < -0.3 is 20.5 Å². The minimum absolute atomic E-state index is 0.129. The maximum Gasteiger partial charge on any atom is 0.337 e. The number of ether oxygens (including phenoxy) is 2. The van der Waals surface area contributed by atoms with Gasteiger partial charge >= 0.3 is 5.97 Å². The van der Waals surface area contributed by atoms with Crippen molar-refractivity contribution in [3.05, 3.63) is 145 Å². The molecule has 3 aromatic carbocycles. The first-order valence-electron chi connectivity index (χ1n) is 11.3. The van der Waals surface area contributed by atoms with Crippen LogP contribution in [0.25, 0.3) is 5.70 Å². The smallest absolute Gasteiger partial charge is 0.337 e. The Hall–Kier alpha value is -5.17. The number of nitrogens with two attached hydrogens (primary N) is 1. The lowest BCUT2D eigenvalue weighted by Gasteiger charge is -2.11. The number of carbonyl (C=O) groups excluding carboxylic acids is 2. The van der Waals surface area contributed by atoms with Crippen molar-refractivity contribution in [2.45, 2.75) is 0 Å². The highest BCUT2D eigenvalue weighted by molar-refractivity contribution is 6.02. The van der Waals surface area contributed by atoms with Crippen molar-refractivity contribution in [2.75, 3.05) is 7.11 Å². The van der Waals surface area contributed by atoms with Crippen LogP contribution in [0.2, 0.25) is 0 Å². The van der Waals surface area contributed by atoms with Gasteiger partial charge in [0.1, 0.15) is 23.2 Å². The Labute approximate surface area is 216 Å². The highest BCUT2D eigenvalue weighted by Gasteiger charge is 2.08. The molecule has 3 aromatic rings. The Bertz CT molecular complexity index is 1360. The first-order chi connectivity index (χ1) is 17.9. The SMILES string of the molecule is C=C(/C=C\C(=O)C=C(N=C(N)c1ccc(C(=O)OC)cc1)NC(=C)c1ccccc1)Oc1ccccc1. The van der Waals surface area contributed by atoms with Crippen LogP contribution in [0.3, 0.4) is 0 Å². The number of rotatable bonds is 11. The van der Waals surface area contributed by atoms with Crippen LogP contribution < -0.4 is 15.8 Å². The Morgan fingerprint density at radius 1 is 0.838 bits per heavy atom. The minimum atomic E-state index is -0.460. The first-order valence-corrected chi connectivity index (χ1v) is 11.3. The first kappa shape index (κ1) is 26.4. The summed E-state index contributed by atoms with van der Waals surface area (Å²) in [6.07, 6.45) is 4.07. The van der Waals surface area contributed by atoms with Crippen LogP contribution in [0.1, 0.15) is 21.5 Å². The third-order valence-electron chi connectivity index (χ3n) is 4.95. The summed E-state index contributed by atoms with van der Waals surface area (Å²) in [5, 5.41) is 3.05. The number of aliphatic imine (C=N–C) groups is 1. The van der Waals surface area contributed by atoms with Crippen molar-refractivity contribution in [3.63, 3.8) is 0 Å². The second-order valence-corrected chi connectivity index (χ2v) is 7.68. The van der Waals surface area contributed by atoms with Gasteiger partial charge in [0.05, 0.1) is 12.7 Å². The third kappa shape index (κ3) is 8.22. The Balaban J connectivity index is 1.82. The quantitative estimate of drug-likeness (QED) is 0.0973. The second kappa shape index (κ2) is 13.1. The number of benzene rings is 3. The van der Waals surface area contributed by atoms with Gasteiger partial charge in [0, 0.05) is 17.3 Å². The van der Waals surface area contributed by atoms with E-state index in [0.717, 1.165) is 5.56 Å². The van der Waals surface area contributed by atoms with Crippen molar-refractivity contribution in [3.8, 4) is 5.75 Å². The maximum atomic E-state index is 12.7. The van der Waals surface area contributed by atoms with Gasteiger partial charge in [0.2, 0.25) is 0 Å². The van der Waals surface area contributed by atoms with Gasteiger partial charge in [0.25, 0.3) is 0 Å². The van der Waals surface area contributed by atoms with Gasteiger partial charge in [-0.05, 0) is 42.0 Å². The molecule has 186 valence electrons. The molecule has 0 heterocycles. The summed E-state index contributed by atoms with van der Waals surface area (Å²) in [6, 6.07) is 24.9. The van der Waals surface area contributed by atoms with Gasteiger partial charge in [-0.1, -0.05) is 73.8 Å². The highest BCUT2D eigenvalue weighted by atomic mass is 16.5. The molecule has 0 aliphatic rings. The summed E-state index contributed by atoms with van der Waals surface area (Å²) < 4.78 is 10.3. The van der Waals surface area contributed by atoms with E-state index in [9.17, 15) is 9.59 Å². The molecule has 0 aromatic heterocycles. The van der Waals surface area contributed by atoms with Crippen LogP contribution >= 0.6 is 0 Å². The minimum Gasteiger partial charge on any atom is -0.465 e. The molecular weight excluding hydrogens is 466 g/mol. The molecule has 3 N–H and O–H groups in total. The van der Waals surface area contributed by atoms with Gasteiger partial charge in [0.15, 0.2) is 5.78 Å². The summed E-state index contributed by atoms with van der Waals surface area (Å²) in [6.45, 7) is 7.85. The molecule has 0 fully saturated rings. The number of nitrogens with zero attached hydrogens (tertiary/aromatic N) is 1. The van der Waals surface area contributed by atoms with E-state index in [1.165, 1.54) is 25.3 Å². The molecule has 0 radical (unpaired) electrons. The molecule has 0 atom stereocenters. The predicted molar refractivity (Wildman–Crippen MR) is 146 cm³/mol. The number of carbonyl (C=O) groups is 2. The fourth-order valence-corrected chi connectivity index (χ4v) is 3.08. The fourth-order valence-electron chi connectivity index (χ4n) is 3.08. The van der Waals surface area contributed by atoms with E-state index in [-0.39, 0.29) is 17.4 Å². The zero-order chi connectivity index (χ0) is 26.6. The van der Waals surface area contributed by atoms with Gasteiger partial charge in [-0.3, -0.25) is 4.79 Å². The van der Waals surface area contributed by atoms with Crippen molar-refractivity contribution >= 4 is 23.3 Å². The summed E-state index contributed by atoms with van der Waals surface area (Å²) in [5.74, 6) is 0.372. The molecule has 0 aliphatic carbocycles. The van der Waals surface area contributed by atoms with Crippen LogP contribution in [-0.2, 0) is 9.53 Å². The number of hydrogen-bond donors (Lipinski definition) is 2. The number of methoxy groups -OCH3 is 1. The number of allylic oxidation sites excluding steroid dienone is 3. The number of esters is 1. The van der Waals surface area contributed by atoms with Crippen LogP contribution in [-0.4, -0.2) is 24.7 Å². The summed E-state index contributed by atoms with van der Waals surface area (Å²) in [5.41, 5.74) is 8.49. The van der Waals surface area contributed by atoms with Gasteiger partial charge in [-0.2, -0.15) is 0 Å². The molecule has 0 saturated carbocycles. The molecule has 0 aliphatic heterocycles. The lowest BCUT2D eigenvalue weighted by Crippen LogP contribution is -2.18. The predicted octanol–water partition coefficient (Wildman–Crippen LogP) is 5.00. The normalized spacial score (nSPS) is 11.6. The summed E-state index contributed by atoms with van der Waals surface area (Å²) >= 11 is 0. The van der Waals surface area contributed by atoms with Crippen molar-refractivity contribution in [1.82, 2.24) is 5.32 Å². The van der Waals surface area contributed by atoms with Crippen molar-refractivity contribution < 1.29 is 19.1 Å². The average Bonchev–Trinajstić information content (AvgIpc) is 2.92. The number of nitrogens with one attached hydrogen (secondary N) is 1. The average molecular weight is 494 g/mol. The molecule has 37 heavy (non-hydrogen) atoms. The summed E-state index contributed by atoms with van der Waals surface area (Å²) in [7, 11) is 1.31. The van der Waals surface area contributed by atoms with Crippen molar-refractivity contribution in [2.24, 2.45) is 10.7 Å². The molecule has 7 nitrogen and oxygen atoms in total. The molecule has 0 amide bonds. The second-order valence-electron chi connectivity index (χ2n) is 7.68. The molecule has 0 spiro atoms. The number of amidine groups is 1. The van der Waals surface area contributed by atoms with E-state index >= 15 is 0 Å². The molecule has 0 bridgehead atoms. The molecule has 7 heteroatoms. The van der Waals surface area contributed by atoms with Crippen LogP contribution in [0.5, 0.6) is 5.75 Å². The number of ketones is 1. The van der Waals surface area contributed by atoms with Crippen LogP contribution in [0.15, 0.2) is 133 Å². The third-order valence-corrected chi connectivity index (χ3v) is 4.95. The summed E-state index contributed by atoms with van der Waals surface area (Å²) in [4.78, 5) is 28.8. The van der Waals surface area contributed by atoms with E-state index in [2.05, 4.69) is 23.5 Å². The monoisotopic (exact) mass is 493 g/mol. The number of para-hydroxylation sites is 1. The van der Waals surface area contributed by atoms with Crippen LogP contribution in [0, 0.1) is 0 Å². The van der Waals surface area contributed by atoms with Gasteiger partial charge in [-0.25, -0.2) is 9.79 Å².